The highest BCUT2D eigenvalue weighted by atomic mass is 32.1. The van der Waals surface area contributed by atoms with Gasteiger partial charge in [-0.3, -0.25) is 0 Å². The summed E-state index contributed by atoms with van der Waals surface area (Å²) in [5.41, 5.74) is 2.08. The van der Waals surface area contributed by atoms with Crippen LogP contribution in [0, 0.1) is 0 Å². The molecule has 1 saturated heterocycles. The Morgan fingerprint density at radius 3 is 2.95 bits per heavy atom. The van der Waals surface area contributed by atoms with E-state index in [4.69, 9.17) is 14.7 Å². The molecule has 112 valence electrons. The second kappa shape index (κ2) is 5.66. The third-order valence-electron chi connectivity index (χ3n) is 3.90. The van der Waals surface area contributed by atoms with Crippen molar-refractivity contribution >= 4 is 28.1 Å². The Kier molecular flexibility index (Phi) is 3.52. The van der Waals surface area contributed by atoms with E-state index in [-0.39, 0.29) is 6.10 Å². The van der Waals surface area contributed by atoms with Crippen LogP contribution < -0.4 is 4.90 Å². The van der Waals surface area contributed by atoms with Crippen LogP contribution in [-0.2, 0) is 4.74 Å². The monoisotopic (exact) mass is 311 g/mol. The van der Waals surface area contributed by atoms with Gasteiger partial charge < -0.3 is 9.64 Å². The Balaban J connectivity index is 1.87. The first-order chi connectivity index (χ1) is 10.8. The van der Waals surface area contributed by atoms with Gasteiger partial charge in [0.1, 0.15) is 5.82 Å². The molecule has 0 N–H and O–H groups in total. The van der Waals surface area contributed by atoms with Crippen LogP contribution >= 0.6 is 11.3 Å². The summed E-state index contributed by atoms with van der Waals surface area (Å²) in [5, 5.41) is 5.26. The van der Waals surface area contributed by atoms with Gasteiger partial charge in [-0.15, -0.1) is 0 Å². The molecule has 1 aromatic carbocycles. The summed E-state index contributed by atoms with van der Waals surface area (Å²) in [6.07, 6.45) is 0.229. The Bertz CT molecular complexity index is 788. The minimum absolute atomic E-state index is 0.229. The quantitative estimate of drug-likeness (QED) is 0.725. The van der Waals surface area contributed by atoms with Gasteiger partial charge in [-0.05, 0) is 30.5 Å². The second-order valence-electron chi connectivity index (χ2n) is 5.53. The van der Waals surface area contributed by atoms with Crippen LogP contribution in [0.25, 0.3) is 22.3 Å². The number of hydrogen-bond donors (Lipinski definition) is 0. The summed E-state index contributed by atoms with van der Waals surface area (Å²) in [6.45, 7) is 4.58. The van der Waals surface area contributed by atoms with Gasteiger partial charge in [0.2, 0.25) is 0 Å². The van der Waals surface area contributed by atoms with Crippen molar-refractivity contribution in [2.24, 2.45) is 0 Å². The Morgan fingerprint density at radius 1 is 1.23 bits per heavy atom. The zero-order valence-corrected chi connectivity index (χ0v) is 13.2. The smallest absolute Gasteiger partial charge is 0.162 e. The lowest BCUT2D eigenvalue weighted by atomic mass is 10.2. The molecule has 1 aliphatic rings. The SMILES string of the molecule is C[C@@H]1CN(c2nc(-c3ccsc3)nc3ccccc23)CCO1. The number of thiophene rings is 1. The normalized spacial score (nSPS) is 18.8. The van der Waals surface area contributed by atoms with Crippen molar-refractivity contribution in [1.29, 1.82) is 0 Å². The van der Waals surface area contributed by atoms with Gasteiger partial charge in [-0.1, -0.05) is 12.1 Å². The predicted molar refractivity (Wildman–Crippen MR) is 90.5 cm³/mol. The highest BCUT2D eigenvalue weighted by Crippen LogP contribution is 2.29. The molecular formula is C17H17N3OS. The zero-order valence-electron chi connectivity index (χ0n) is 12.4. The number of morpholine rings is 1. The van der Waals surface area contributed by atoms with E-state index in [1.54, 1.807) is 11.3 Å². The number of rotatable bonds is 2. The highest BCUT2D eigenvalue weighted by molar-refractivity contribution is 7.08. The van der Waals surface area contributed by atoms with Gasteiger partial charge in [-0.2, -0.15) is 11.3 Å². The minimum Gasteiger partial charge on any atom is -0.375 e. The topological polar surface area (TPSA) is 38.2 Å². The first-order valence-electron chi connectivity index (χ1n) is 7.47. The molecule has 1 fully saturated rings. The van der Waals surface area contributed by atoms with Crippen molar-refractivity contribution in [3.8, 4) is 11.4 Å². The molecule has 4 nitrogen and oxygen atoms in total. The fourth-order valence-corrected chi connectivity index (χ4v) is 3.47. The molecule has 3 aromatic rings. The molecule has 1 aliphatic heterocycles. The average molecular weight is 311 g/mol. The largest absolute Gasteiger partial charge is 0.375 e. The van der Waals surface area contributed by atoms with Crippen molar-refractivity contribution in [2.75, 3.05) is 24.6 Å². The molecule has 22 heavy (non-hydrogen) atoms. The third kappa shape index (κ3) is 2.46. The van der Waals surface area contributed by atoms with Crippen molar-refractivity contribution in [2.45, 2.75) is 13.0 Å². The van der Waals surface area contributed by atoms with Gasteiger partial charge in [0.15, 0.2) is 5.82 Å². The molecule has 0 aliphatic carbocycles. The zero-order chi connectivity index (χ0) is 14.9. The second-order valence-corrected chi connectivity index (χ2v) is 6.31. The van der Waals surface area contributed by atoms with Crippen LogP contribution in [0.5, 0.6) is 0 Å². The molecule has 0 saturated carbocycles. The Hall–Kier alpha value is -1.98. The van der Waals surface area contributed by atoms with Gasteiger partial charge in [-0.25, -0.2) is 9.97 Å². The predicted octanol–water partition coefficient (Wildman–Crippen LogP) is 3.58. The minimum atomic E-state index is 0.229. The van der Waals surface area contributed by atoms with E-state index in [0.717, 1.165) is 47.8 Å². The molecular weight excluding hydrogens is 294 g/mol. The first kappa shape index (κ1) is 13.7. The van der Waals surface area contributed by atoms with E-state index >= 15 is 0 Å². The van der Waals surface area contributed by atoms with Crippen molar-refractivity contribution in [3.63, 3.8) is 0 Å². The standard InChI is InChI=1S/C17H17N3OS/c1-12-10-20(7-8-21-12)17-14-4-2-3-5-15(14)18-16(19-17)13-6-9-22-11-13/h2-6,9,11-12H,7-8,10H2,1H3/t12-/m1/s1. The van der Waals surface area contributed by atoms with Crippen LogP contribution in [-0.4, -0.2) is 35.8 Å². The Labute approximate surface area is 133 Å². The van der Waals surface area contributed by atoms with Gasteiger partial charge in [0.05, 0.1) is 18.2 Å². The average Bonchev–Trinajstić information content (AvgIpc) is 3.08. The lowest BCUT2D eigenvalue weighted by Gasteiger charge is -2.32. The third-order valence-corrected chi connectivity index (χ3v) is 4.59. The fourth-order valence-electron chi connectivity index (χ4n) is 2.83. The van der Waals surface area contributed by atoms with Gasteiger partial charge in [0.25, 0.3) is 0 Å². The highest BCUT2D eigenvalue weighted by Gasteiger charge is 2.21. The molecule has 2 aromatic heterocycles. The summed E-state index contributed by atoms with van der Waals surface area (Å²) >= 11 is 1.67. The number of nitrogens with zero attached hydrogens (tertiary/aromatic N) is 3. The lowest BCUT2D eigenvalue weighted by molar-refractivity contribution is 0.0530. The van der Waals surface area contributed by atoms with Crippen LogP contribution in [0.1, 0.15) is 6.92 Å². The molecule has 0 amide bonds. The van der Waals surface area contributed by atoms with Gasteiger partial charge >= 0.3 is 0 Å². The molecule has 0 radical (unpaired) electrons. The number of aromatic nitrogens is 2. The molecule has 3 heterocycles. The summed E-state index contributed by atoms with van der Waals surface area (Å²) < 4.78 is 5.66. The molecule has 1 atom stereocenters. The van der Waals surface area contributed by atoms with E-state index in [9.17, 15) is 0 Å². The Morgan fingerprint density at radius 2 is 2.14 bits per heavy atom. The number of anilines is 1. The first-order valence-corrected chi connectivity index (χ1v) is 8.41. The van der Waals surface area contributed by atoms with E-state index in [1.807, 2.05) is 12.1 Å². The fraction of sp³-hybridized carbons (Fsp3) is 0.294. The maximum Gasteiger partial charge on any atom is 0.162 e. The van der Waals surface area contributed by atoms with E-state index in [1.165, 1.54) is 0 Å². The van der Waals surface area contributed by atoms with E-state index in [2.05, 4.69) is 40.8 Å². The van der Waals surface area contributed by atoms with Crippen LogP contribution in [0.15, 0.2) is 41.1 Å². The molecule has 5 heteroatoms. The van der Waals surface area contributed by atoms with Gasteiger partial charge in [0, 0.05) is 29.4 Å². The van der Waals surface area contributed by atoms with Crippen molar-refractivity contribution in [1.82, 2.24) is 9.97 Å². The maximum atomic E-state index is 5.66. The summed E-state index contributed by atoms with van der Waals surface area (Å²) in [5.74, 6) is 1.82. The number of ether oxygens (including phenoxy) is 1. The van der Waals surface area contributed by atoms with E-state index < -0.39 is 0 Å². The van der Waals surface area contributed by atoms with Crippen LogP contribution in [0.2, 0.25) is 0 Å². The molecule has 0 unspecified atom stereocenters. The lowest BCUT2D eigenvalue weighted by Crippen LogP contribution is -2.41. The van der Waals surface area contributed by atoms with Crippen molar-refractivity contribution in [3.05, 3.63) is 41.1 Å². The maximum absolute atomic E-state index is 5.66. The number of benzene rings is 1. The molecule has 0 bridgehead atoms. The molecule has 0 spiro atoms. The van der Waals surface area contributed by atoms with Crippen LogP contribution in [0.3, 0.4) is 0 Å². The summed E-state index contributed by atoms with van der Waals surface area (Å²) in [6, 6.07) is 10.3. The van der Waals surface area contributed by atoms with E-state index in [0.29, 0.717) is 0 Å². The number of para-hydroxylation sites is 1. The number of fused-ring (bicyclic) bond motifs is 1. The number of hydrogen-bond acceptors (Lipinski definition) is 5. The summed E-state index contributed by atoms with van der Waals surface area (Å²) in [7, 11) is 0. The van der Waals surface area contributed by atoms with Crippen molar-refractivity contribution < 1.29 is 4.74 Å². The van der Waals surface area contributed by atoms with Crippen LogP contribution in [0.4, 0.5) is 5.82 Å². The molecule has 4 rings (SSSR count). The summed E-state index contributed by atoms with van der Waals surface area (Å²) in [4.78, 5) is 11.9.